The molecule has 41 heteroatoms. The van der Waals surface area contributed by atoms with Gasteiger partial charge in [-0.1, -0.05) is 171 Å². The van der Waals surface area contributed by atoms with Crippen molar-refractivity contribution in [3.8, 4) is 16.9 Å². The van der Waals surface area contributed by atoms with Gasteiger partial charge < -0.3 is 117 Å². The number of aliphatic hydroxyl groups is 1. The van der Waals surface area contributed by atoms with Crippen LogP contribution in [0.3, 0.4) is 0 Å². The molecule has 0 aliphatic carbocycles. The van der Waals surface area contributed by atoms with Gasteiger partial charge in [-0.05, 0) is 128 Å². The first-order chi connectivity index (χ1) is 64.5. The molecule has 3 heterocycles. The van der Waals surface area contributed by atoms with E-state index in [9.17, 15) is 72.9 Å². The van der Waals surface area contributed by atoms with Gasteiger partial charge in [0.2, 0.25) is 100 Å². The second-order valence-electron chi connectivity index (χ2n) is 35.7. The summed E-state index contributed by atoms with van der Waals surface area (Å²) in [6.45, 7) is 15.1. The van der Waals surface area contributed by atoms with E-state index in [2.05, 4.69) is 79.4 Å². The lowest BCUT2D eigenvalue weighted by Gasteiger charge is -2.32. The number of aromatic amines is 1. The highest BCUT2D eigenvalue weighted by Gasteiger charge is 2.44. The number of primary amides is 2. The number of hydrogen-bond donors (Lipinski definition) is 21. The van der Waals surface area contributed by atoms with Crippen LogP contribution in [0.2, 0.25) is 0 Å². The molecule has 0 radical (unpaired) electrons. The third-order valence-electron chi connectivity index (χ3n) is 22.9. The Morgan fingerprint density at radius 1 is 0.456 bits per heavy atom. The summed E-state index contributed by atoms with van der Waals surface area (Å²) in [5, 5.41) is 69.0. The van der Waals surface area contributed by atoms with E-state index in [1.54, 1.807) is 127 Å². The number of carbonyl (C=O) groups is 18. The Kier molecular flexibility index (Phi) is 40.8. The minimum atomic E-state index is -2.07. The number of aromatic hydroxyl groups is 1. The fourth-order valence-electron chi connectivity index (χ4n) is 15.6. The molecule has 136 heavy (non-hydrogen) atoms. The Labute approximate surface area is 791 Å². The monoisotopic (exact) mass is 1900 g/mol. The highest BCUT2D eigenvalue weighted by molar-refractivity contribution is 8.00. The summed E-state index contributed by atoms with van der Waals surface area (Å²) in [6, 6.07) is 12.4. The molecule has 2 saturated heterocycles. The van der Waals surface area contributed by atoms with Crippen LogP contribution in [0.1, 0.15) is 136 Å². The number of H-pyrrole nitrogens is 1. The summed E-state index contributed by atoms with van der Waals surface area (Å²) in [5.41, 5.74) is 21.3. The normalized spacial score (nSPS) is 23.9. The van der Waals surface area contributed by atoms with Gasteiger partial charge in [0.25, 0.3) is 0 Å². The van der Waals surface area contributed by atoms with E-state index in [1.807, 2.05) is 30.3 Å². The molecule has 1 aromatic heterocycles. The number of aromatic nitrogens is 1. The number of aliphatic hydroxyl groups excluding tert-OH is 1. The largest absolute Gasteiger partial charge is 0.508 e. The van der Waals surface area contributed by atoms with Crippen molar-refractivity contribution in [3.63, 3.8) is 0 Å². The Hall–Kier alpha value is -13.8. The third kappa shape index (κ3) is 32.5. The lowest BCUT2D eigenvalue weighted by atomic mass is 9.97. The van der Waals surface area contributed by atoms with E-state index < -0.39 is 252 Å². The molecule has 0 saturated carbocycles. The smallest absolute Gasteiger partial charge is 0.305 e. The van der Waals surface area contributed by atoms with E-state index in [4.69, 9.17) is 17.2 Å². The van der Waals surface area contributed by atoms with Crippen molar-refractivity contribution in [2.24, 2.45) is 40.9 Å². The van der Waals surface area contributed by atoms with Crippen LogP contribution in [0.25, 0.3) is 22.0 Å². The Balaban J connectivity index is 1.20. The highest BCUT2D eigenvalue weighted by atomic mass is 32.2. The van der Waals surface area contributed by atoms with Crippen LogP contribution in [0, 0.1) is 23.7 Å². The van der Waals surface area contributed by atoms with E-state index in [-0.39, 0.29) is 76.1 Å². The SMILES string of the molecule is CC(C)C[C@@H]1NC(=O)[C@H](Cc2c[nH]c3ccccc23)NC(=O)[C@H](CC(=O)O)NC(=O)[C@H](Cc2ccc(O)cc2)NC(=O)[C@H](Cc2ccccc2)NC(=O)CSC[C@@H](C(=O)N[C@@H](C)C(N)=O)NC(=O)[C@H]([C@@H](C)O)NC(=O)[C@H](C(C)C)NC(=O)[C@H](CC(C)C)NC(=O)[C@H](CC(N)=O)NC(=O)[C@H]2CCCN2C(=O)[C@H](CCN)NC(=O)[C@H](C(C)C)NC(=O)[C@H](Cc2ccc(-c3ccccc3)cc2)NC1=O. The maximum absolute atomic E-state index is 15.5. The van der Waals surface area contributed by atoms with Gasteiger partial charge in [-0.3, -0.25) is 86.3 Å². The minimum Gasteiger partial charge on any atom is -0.508 e. The number of nitrogens with one attached hydrogen (secondary N) is 15. The summed E-state index contributed by atoms with van der Waals surface area (Å²) < 4.78 is 0. The number of aliphatic carboxylic acids is 1. The predicted molar refractivity (Wildman–Crippen MR) is 504 cm³/mol. The number of thioether (sulfide) groups is 1. The number of phenols is 1. The predicted octanol–water partition coefficient (Wildman–Crippen LogP) is -0.675. The summed E-state index contributed by atoms with van der Waals surface area (Å²) in [4.78, 5) is 266. The minimum absolute atomic E-state index is 0.0105. The van der Waals surface area contributed by atoms with Crippen molar-refractivity contribution in [1.82, 2.24) is 84.3 Å². The van der Waals surface area contributed by atoms with Crippen LogP contribution in [-0.4, -0.2) is 253 Å². The van der Waals surface area contributed by atoms with Gasteiger partial charge in [0.1, 0.15) is 96.4 Å². The zero-order chi connectivity index (χ0) is 99.9. The second kappa shape index (κ2) is 51.6. The van der Waals surface area contributed by atoms with E-state index in [1.165, 1.54) is 45.0 Å². The number of rotatable bonds is 25. The number of carbonyl (C=O) groups excluding carboxylic acids is 17. The molecule has 2 fully saturated rings. The number of fused-ring (bicyclic) bond motifs is 2. The van der Waals surface area contributed by atoms with Gasteiger partial charge in [0.05, 0.1) is 24.7 Å². The maximum Gasteiger partial charge on any atom is 0.305 e. The Bertz CT molecular complexity index is 5220. The summed E-state index contributed by atoms with van der Waals surface area (Å²) in [6.07, 6.45) is -3.80. The molecule has 0 bridgehead atoms. The maximum atomic E-state index is 15.5. The number of nitrogens with zero attached hydrogens (tertiary/aromatic N) is 1. The van der Waals surface area contributed by atoms with Gasteiger partial charge in [-0.25, -0.2) is 0 Å². The van der Waals surface area contributed by atoms with Crippen molar-refractivity contribution in [2.45, 2.75) is 237 Å². The first kappa shape index (κ1) is 108. The zero-order valence-electron chi connectivity index (χ0n) is 77.7. The molecule has 2 aliphatic rings. The molecule has 17 amide bonds. The van der Waals surface area contributed by atoms with Gasteiger partial charge in [0.15, 0.2) is 0 Å². The number of nitrogens with two attached hydrogens (primary N) is 3. The molecule has 40 nitrogen and oxygen atoms in total. The van der Waals surface area contributed by atoms with Crippen molar-refractivity contribution in [1.29, 1.82) is 0 Å². The summed E-state index contributed by atoms with van der Waals surface area (Å²) >= 11 is 0.704. The Morgan fingerprint density at radius 2 is 0.875 bits per heavy atom. The average Bonchev–Trinajstić information content (AvgIpc) is 1.67. The first-order valence-corrected chi connectivity index (χ1v) is 46.4. The molecule has 734 valence electrons. The Morgan fingerprint density at radius 3 is 1.39 bits per heavy atom. The third-order valence-corrected chi connectivity index (χ3v) is 24.0. The van der Waals surface area contributed by atoms with Crippen molar-refractivity contribution in [3.05, 3.63) is 162 Å². The van der Waals surface area contributed by atoms with Crippen LogP contribution >= 0.6 is 11.8 Å². The highest BCUT2D eigenvalue weighted by Crippen LogP contribution is 2.26. The molecule has 8 rings (SSSR count). The molecule has 2 aliphatic heterocycles. The van der Waals surface area contributed by atoms with Crippen LogP contribution in [-0.2, 0) is 112 Å². The summed E-state index contributed by atoms with van der Waals surface area (Å²) in [5.74, 6) is -22.8. The number of carboxylic acids is 1. The zero-order valence-corrected chi connectivity index (χ0v) is 78.5. The molecule has 5 aromatic carbocycles. The van der Waals surface area contributed by atoms with Crippen LogP contribution < -0.4 is 91.6 Å². The van der Waals surface area contributed by atoms with Gasteiger partial charge in [-0.15, -0.1) is 11.8 Å². The van der Waals surface area contributed by atoms with Gasteiger partial charge in [0, 0.05) is 55.1 Å². The van der Waals surface area contributed by atoms with Crippen molar-refractivity contribution < 1.29 is 102 Å². The van der Waals surface area contributed by atoms with Crippen molar-refractivity contribution in [2.75, 3.05) is 24.6 Å². The fraction of sp³-hybridized carbons (Fsp3) is 0.474. The van der Waals surface area contributed by atoms with Gasteiger partial charge >= 0.3 is 5.97 Å². The van der Waals surface area contributed by atoms with E-state index >= 15 is 28.8 Å². The molecule has 0 unspecified atom stereocenters. The average molecular weight is 1900 g/mol. The van der Waals surface area contributed by atoms with Crippen LogP contribution in [0.5, 0.6) is 5.75 Å². The second-order valence-corrected chi connectivity index (χ2v) is 36.7. The standard InChI is InChI=1S/C95H127N19O21S/c1-49(2)38-65-82(122)106-69(41-56-27-31-59(32-28-56)58-22-15-12-16-23-58)89(129)111-78(51(5)6)92(132)102-64(35-36-96)95(135)114-37-19-26-74(114)91(131)109-71(44-75(97)117)86(126)104-66(39-50(3)4)88(128)112-79(52(7)8)93(133)113-80(54(10)115)94(134)110-73(90(130)100-53(9)81(98)121)47-136-48-76(118)101-67(40-55-20-13-11-14-21-55)83(123)105-68(42-57-29-33-61(116)34-30-57)84(124)108-72(45-77(119)120)87(127)107-70(85(125)103-65)43-60-46-99-63-25-18-17-24-62(60)63/h11-18,20-25,27-34,46,49-54,64-74,78-80,99,115-116H,19,26,35-45,47-48,96H2,1-10H3,(H2,97,117)(H2,98,121)(H,100,130)(H,101,118)(H,102,132)(H,103,125)(H,104,126)(H,105,123)(H,106,122)(H,107,127)(H,108,124)(H,109,131)(H,110,134)(H,111,129)(H,112,128)(H,113,133)(H,119,120)/t53-,54+,64-,65-,66-,67-,68-,69-,70-,71-,72-,73-,74+,78-,79-,80-/m0/s1. The molecule has 16 atom stereocenters. The molecule has 6 aromatic rings. The number of phenolic OH excluding ortho intramolecular Hbond substituents is 1. The number of amides is 17. The summed E-state index contributed by atoms with van der Waals surface area (Å²) in [7, 11) is 0. The molecule has 24 N–H and O–H groups in total. The first-order valence-electron chi connectivity index (χ1n) is 45.3. The lowest BCUT2D eigenvalue weighted by Crippen LogP contribution is -2.63. The number of para-hydroxylation sites is 1. The van der Waals surface area contributed by atoms with Crippen LogP contribution in [0.15, 0.2) is 140 Å². The van der Waals surface area contributed by atoms with E-state index in [0.29, 0.717) is 44.9 Å². The molecule has 0 spiro atoms. The quantitative estimate of drug-likeness (QED) is 0.0338. The molecular formula is C95H127N19O21S. The lowest BCUT2D eigenvalue weighted by molar-refractivity contribution is -0.143. The number of hydrogen-bond acceptors (Lipinski definition) is 22. The fourth-order valence-corrected chi connectivity index (χ4v) is 16.5. The van der Waals surface area contributed by atoms with Crippen LogP contribution in [0.4, 0.5) is 0 Å². The number of benzene rings is 5. The molecular weight excluding hydrogens is 1780 g/mol. The van der Waals surface area contributed by atoms with E-state index in [0.717, 1.165) is 23.0 Å². The van der Waals surface area contributed by atoms with Crippen molar-refractivity contribution >= 4 is 129 Å². The topological polar surface area (TPSA) is 633 Å². The van der Waals surface area contributed by atoms with Gasteiger partial charge in [-0.2, -0.15) is 0 Å². The number of carboxylic acid groups (broad SMARTS) is 1.